The molecule has 0 amide bonds. The number of likely N-dealkylation sites (N-methyl/N-ethyl adjacent to an activating group) is 1. The topological polar surface area (TPSA) is 15.3 Å². The molecule has 0 aromatic rings. The fraction of sp³-hybridized carbons (Fsp3) is 1.00. The van der Waals surface area contributed by atoms with Crippen molar-refractivity contribution in [2.24, 2.45) is 0 Å². The molecule has 1 saturated carbocycles. The first-order valence-electron chi connectivity index (χ1n) is 4.30. The van der Waals surface area contributed by atoms with Gasteiger partial charge in [-0.15, -0.1) is 24.8 Å². The minimum atomic E-state index is 0. The Balaban J connectivity index is 0.000000605. The molecule has 1 N–H and O–H groups in total. The standard InChI is InChI=1S/C8H16N2.2ClH/c1-10(7-2-3-7)8-4-5-9-6-8;;/h7-9H,2-6H2,1H3;2*1H/t8-;;/m1../s1. The Hall–Kier alpha value is 0.500. The smallest absolute Gasteiger partial charge is 0.0232 e. The second kappa shape index (κ2) is 5.28. The molecule has 1 heterocycles. The van der Waals surface area contributed by atoms with Crippen LogP contribution >= 0.6 is 24.8 Å². The quantitative estimate of drug-likeness (QED) is 0.743. The normalized spacial score (nSPS) is 28.0. The molecule has 1 aliphatic heterocycles. The van der Waals surface area contributed by atoms with E-state index in [-0.39, 0.29) is 24.8 Å². The molecule has 0 radical (unpaired) electrons. The zero-order valence-electron chi connectivity index (χ0n) is 7.45. The highest BCUT2D eigenvalue weighted by atomic mass is 35.5. The fourth-order valence-electron chi connectivity index (χ4n) is 1.77. The van der Waals surface area contributed by atoms with Gasteiger partial charge in [-0.05, 0) is 32.9 Å². The van der Waals surface area contributed by atoms with Crippen LogP contribution in [-0.2, 0) is 0 Å². The van der Waals surface area contributed by atoms with Gasteiger partial charge in [0, 0.05) is 18.6 Å². The SMILES string of the molecule is CN(C1CC1)[C@@H]1CCNC1.Cl.Cl. The molecule has 4 heteroatoms. The Kier molecular flexibility index (Phi) is 5.50. The Bertz CT molecular complexity index is 122. The van der Waals surface area contributed by atoms with Crippen LogP contribution in [0.5, 0.6) is 0 Å². The molecule has 0 aromatic carbocycles. The summed E-state index contributed by atoms with van der Waals surface area (Å²) in [6.07, 6.45) is 4.23. The van der Waals surface area contributed by atoms with Gasteiger partial charge in [-0.25, -0.2) is 0 Å². The molecule has 2 rings (SSSR count). The maximum atomic E-state index is 3.39. The van der Waals surface area contributed by atoms with Crippen molar-refractivity contribution >= 4 is 24.8 Å². The van der Waals surface area contributed by atoms with Crippen LogP contribution in [0.4, 0.5) is 0 Å². The summed E-state index contributed by atoms with van der Waals surface area (Å²) in [5.74, 6) is 0. The van der Waals surface area contributed by atoms with Gasteiger partial charge < -0.3 is 5.32 Å². The lowest BCUT2D eigenvalue weighted by molar-refractivity contribution is 0.247. The number of halogens is 2. The highest BCUT2D eigenvalue weighted by Crippen LogP contribution is 2.28. The largest absolute Gasteiger partial charge is 0.315 e. The molecule has 2 aliphatic rings. The summed E-state index contributed by atoms with van der Waals surface area (Å²) in [6.45, 7) is 2.44. The van der Waals surface area contributed by atoms with Crippen LogP contribution in [0.15, 0.2) is 0 Å². The summed E-state index contributed by atoms with van der Waals surface area (Å²) in [5, 5.41) is 3.39. The highest BCUT2D eigenvalue weighted by Gasteiger charge is 2.31. The minimum absolute atomic E-state index is 0. The number of rotatable bonds is 2. The van der Waals surface area contributed by atoms with Crippen LogP contribution in [0.3, 0.4) is 0 Å². The number of nitrogens with one attached hydrogen (secondary N) is 1. The van der Waals surface area contributed by atoms with E-state index in [2.05, 4.69) is 17.3 Å². The average Bonchev–Trinajstić information content (AvgIpc) is 2.65. The van der Waals surface area contributed by atoms with Gasteiger partial charge in [0.2, 0.25) is 0 Å². The predicted molar refractivity (Wildman–Crippen MR) is 56.6 cm³/mol. The van der Waals surface area contributed by atoms with Crippen LogP contribution in [0.25, 0.3) is 0 Å². The second-order valence-electron chi connectivity index (χ2n) is 3.54. The summed E-state index contributed by atoms with van der Waals surface area (Å²) in [4.78, 5) is 2.56. The van der Waals surface area contributed by atoms with Crippen molar-refractivity contribution in [1.82, 2.24) is 10.2 Å². The summed E-state index contributed by atoms with van der Waals surface area (Å²) in [6, 6.07) is 1.78. The Morgan fingerprint density at radius 1 is 1.08 bits per heavy atom. The van der Waals surface area contributed by atoms with Crippen molar-refractivity contribution < 1.29 is 0 Å². The van der Waals surface area contributed by atoms with E-state index in [1.165, 1.54) is 32.4 Å². The van der Waals surface area contributed by atoms with Gasteiger partial charge in [0.25, 0.3) is 0 Å². The van der Waals surface area contributed by atoms with Crippen LogP contribution in [0, 0.1) is 0 Å². The molecule has 1 atom stereocenters. The van der Waals surface area contributed by atoms with Gasteiger partial charge in [0.15, 0.2) is 0 Å². The van der Waals surface area contributed by atoms with Crippen molar-refractivity contribution in [2.45, 2.75) is 31.3 Å². The minimum Gasteiger partial charge on any atom is -0.315 e. The molecule has 0 bridgehead atoms. The van der Waals surface area contributed by atoms with Crippen LogP contribution in [0.2, 0.25) is 0 Å². The Morgan fingerprint density at radius 3 is 2.17 bits per heavy atom. The molecular weight excluding hydrogens is 195 g/mol. The molecule has 0 unspecified atom stereocenters. The molecular formula is C8H18Cl2N2. The molecule has 74 valence electrons. The monoisotopic (exact) mass is 212 g/mol. The fourth-order valence-corrected chi connectivity index (χ4v) is 1.77. The van der Waals surface area contributed by atoms with E-state index in [4.69, 9.17) is 0 Å². The summed E-state index contributed by atoms with van der Waals surface area (Å²) >= 11 is 0. The third-order valence-corrected chi connectivity index (χ3v) is 2.73. The van der Waals surface area contributed by atoms with Gasteiger partial charge in [-0.3, -0.25) is 4.90 Å². The second-order valence-corrected chi connectivity index (χ2v) is 3.54. The third kappa shape index (κ3) is 2.77. The van der Waals surface area contributed by atoms with Crippen LogP contribution in [-0.4, -0.2) is 37.1 Å². The van der Waals surface area contributed by atoms with Crippen molar-refractivity contribution in [2.75, 3.05) is 20.1 Å². The van der Waals surface area contributed by atoms with Crippen molar-refractivity contribution in [1.29, 1.82) is 0 Å². The first-order valence-corrected chi connectivity index (χ1v) is 4.30. The van der Waals surface area contributed by atoms with E-state index in [0.29, 0.717) is 0 Å². The van der Waals surface area contributed by atoms with Crippen molar-refractivity contribution in [3.05, 3.63) is 0 Å². The highest BCUT2D eigenvalue weighted by molar-refractivity contribution is 5.85. The maximum absolute atomic E-state index is 3.39. The number of hydrogen-bond acceptors (Lipinski definition) is 2. The van der Waals surface area contributed by atoms with Gasteiger partial charge in [-0.2, -0.15) is 0 Å². The van der Waals surface area contributed by atoms with E-state index < -0.39 is 0 Å². The molecule has 0 spiro atoms. The van der Waals surface area contributed by atoms with Gasteiger partial charge >= 0.3 is 0 Å². The summed E-state index contributed by atoms with van der Waals surface area (Å²) < 4.78 is 0. The lowest BCUT2D eigenvalue weighted by Crippen LogP contribution is -2.34. The molecule has 2 nitrogen and oxygen atoms in total. The molecule has 12 heavy (non-hydrogen) atoms. The summed E-state index contributed by atoms with van der Waals surface area (Å²) in [5.41, 5.74) is 0. The van der Waals surface area contributed by atoms with Crippen LogP contribution < -0.4 is 5.32 Å². The van der Waals surface area contributed by atoms with E-state index in [0.717, 1.165) is 12.1 Å². The van der Waals surface area contributed by atoms with E-state index in [1.54, 1.807) is 0 Å². The third-order valence-electron chi connectivity index (χ3n) is 2.73. The average molecular weight is 213 g/mol. The molecule has 0 aromatic heterocycles. The van der Waals surface area contributed by atoms with Gasteiger partial charge in [-0.1, -0.05) is 0 Å². The number of nitrogens with zero attached hydrogens (tertiary/aromatic N) is 1. The van der Waals surface area contributed by atoms with E-state index >= 15 is 0 Å². The zero-order chi connectivity index (χ0) is 6.97. The zero-order valence-corrected chi connectivity index (χ0v) is 9.09. The lowest BCUT2D eigenvalue weighted by atomic mass is 10.2. The van der Waals surface area contributed by atoms with E-state index in [1.807, 2.05) is 0 Å². The first kappa shape index (κ1) is 12.5. The van der Waals surface area contributed by atoms with Gasteiger partial charge in [0.1, 0.15) is 0 Å². The molecule has 1 aliphatic carbocycles. The van der Waals surface area contributed by atoms with Crippen molar-refractivity contribution in [3.63, 3.8) is 0 Å². The van der Waals surface area contributed by atoms with E-state index in [9.17, 15) is 0 Å². The molecule has 1 saturated heterocycles. The first-order chi connectivity index (χ1) is 4.88. The maximum Gasteiger partial charge on any atom is 0.0232 e. The van der Waals surface area contributed by atoms with Crippen LogP contribution in [0.1, 0.15) is 19.3 Å². The van der Waals surface area contributed by atoms with Gasteiger partial charge in [0.05, 0.1) is 0 Å². The number of hydrogen-bond donors (Lipinski definition) is 1. The predicted octanol–water partition coefficient (Wildman–Crippen LogP) is 1.29. The molecule has 2 fully saturated rings. The summed E-state index contributed by atoms with van der Waals surface area (Å²) in [7, 11) is 2.27. The van der Waals surface area contributed by atoms with Crippen molar-refractivity contribution in [3.8, 4) is 0 Å². The Morgan fingerprint density at radius 2 is 1.75 bits per heavy atom. The Labute approximate surface area is 86.9 Å². The lowest BCUT2D eigenvalue weighted by Gasteiger charge is -2.22.